The van der Waals surface area contributed by atoms with E-state index in [9.17, 15) is 0 Å². The lowest BCUT2D eigenvalue weighted by Gasteiger charge is -2.25. The van der Waals surface area contributed by atoms with Crippen molar-refractivity contribution in [2.24, 2.45) is 4.99 Å². The van der Waals surface area contributed by atoms with Crippen LogP contribution in [0.25, 0.3) is 0 Å². The van der Waals surface area contributed by atoms with Gasteiger partial charge in [-0.05, 0) is 38.3 Å². The zero-order valence-corrected chi connectivity index (χ0v) is 17.4. The minimum Gasteiger partial charge on any atom is -0.382 e. The predicted molar refractivity (Wildman–Crippen MR) is 113 cm³/mol. The second-order valence-electron chi connectivity index (χ2n) is 5.85. The predicted octanol–water partition coefficient (Wildman–Crippen LogP) is 2.65. The Morgan fingerprint density at radius 2 is 2.04 bits per heavy atom. The lowest BCUT2D eigenvalue weighted by atomic mass is 10.1. The van der Waals surface area contributed by atoms with Gasteiger partial charge in [-0.2, -0.15) is 0 Å². The molecule has 1 aromatic rings. The highest BCUT2D eigenvalue weighted by molar-refractivity contribution is 14.0. The van der Waals surface area contributed by atoms with Gasteiger partial charge in [0.05, 0.1) is 0 Å². The van der Waals surface area contributed by atoms with Crippen LogP contribution >= 0.6 is 24.0 Å². The molecule has 2 rings (SSSR count). The van der Waals surface area contributed by atoms with Gasteiger partial charge in [0.1, 0.15) is 0 Å². The lowest BCUT2D eigenvalue weighted by molar-refractivity contribution is 0.145. The quantitative estimate of drug-likeness (QED) is 0.279. The largest absolute Gasteiger partial charge is 0.382 e. The Kier molecular flexibility index (Phi) is 10.1. The third-order valence-electron chi connectivity index (χ3n) is 4.18. The van der Waals surface area contributed by atoms with Gasteiger partial charge in [-0.3, -0.25) is 4.99 Å². The number of benzene rings is 1. The molecule has 1 aliphatic rings. The number of anilines is 1. The Hall–Kier alpha value is -1.02. The molecule has 1 atom stereocenters. The second-order valence-corrected chi connectivity index (χ2v) is 5.85. The number of halogens is 1. The molecule has 1 aromatic carbocycles. The fraction of sp³-hybridized carbons (Fsp3) is 0.611. The number of guanidine groups is 1. The number of para-hydroxylation sites is 1. The molecule has 0 fully saturated rings. The van der Waals surface area contributed by atoms with Crippen LogP contribution in [-0.2, 0) is 11.2 Å². The summed E-state index contributed by atoms with van der Waals surface area (Å²) in [6, 6.07) is 9.27. The van der Waals surface area contributed by atoms with Crippen molar-refractivity contribution >= 4 is 35.6 Å². The minimum absolute atomic E-state index is 0. The zero-order valence-electron chi connectivity index (χ0n) is 15.0. The van der Waals surface area contributed by atoms with Gasteiger partial charge in [-0.15, -0.1) is 24.0 Å². The van der Waals surface area contributed by atoms with Gasteiger partial charge < -0.3 is 20.3 Å². The molecule has 0 spiro atoms. The Labute approximate surface area is 163 Å². The number of ether oxygens (including phenoxy) is 1. The first-order chi connectivity index (χ1) is 11.3. The van der Waals surface area contributed by atoms with Crippen molar-refractivity contribution < 1.29 is 4.74 Å². The van der Waals surface area contributed by atoms with Crippen LogP contribution in [0.5, 0.6) is 0 Å². The minimum atomic E-state index is 0. The summed E-state index contributed by atoms with van der Waals surface area (Å²) in [5.74, 6) is 0.863. The molecule has 1 aliphatic heterocycles. The maximum Gasteiger partial charge on any atom is 0.191 e. The third kappa shape index (κ3) is 6.12. The molecule has 136 valence electrons. The second kappa shape index (κ2) is 11.5. The lowest BCUT2D eigenvalue weighted by Crippen LogP contribution is -2.43. The van der Waals surface area contributed by atoms with Gasteiger partial charge in [0.25, 0.3) is 0 Å². The van der Waals surface area contributed by atoms with Crippen molar-refractivity contribution in [3.63, 3.8) is 0 Å². The Bertz CT molecular complexity index is 510. The number of fused-ring (bicyclic) bond motifs is 1. The van der Waals surface area contributed by atoms with E-state index in [2.05, 4.69) is 51.7 Å². The number of hydrogen-bond donors (Lipinski definition) is 2. The van der Waals surface area contributed by atoms with Crippen molar-refractivity contribution in [2.75, 3.05) is 44.8 Å². The topological polar surface area (TPSA) is 48.9 Å². The van der Waals surface area contributed by atoms with Gasteiger partial charge >= 0.3 is 0 Å². The molecule has 5 nitrogen and oxygen atoms in total. The van der Waals surface area contributed by atoms with E-state index in [1.807, 2.05) is 14.0 Å². The number of hydrogen-bond acceptors (Lipinski definition) is 3. The molecule has 0 saturated heterocycles. The van der Waals surface area contributed by atoms with Gasteiger partial charge in [0.15, 0.2) is 5.96 Å². The smallest absolute Gasteiger partial charge is 0.191 e. The van der Waals surface area contributed by atoms with E-state index in [1.165, 1.54) is 11.3 Å². The third-order valence-corrected chi connectivity index (χ3v) is 4.18. The normalized spacial score (nSPS) is 16.5. The van der Waals surface area contributed by atoms with Gasteiger partial charge in [-0.1, -0.05) is 18.2 Å². The number of nitrogens with zero attached hydrogens (tertiary/aromatic N) is 2. The van der Waals surface area contributed by atoms with Crippen molar-refractivity contribution in [3.05, 3.63) is 29.8 Å². The molecule has 1 unspecified atom stereocenters. The van der Waals surface area contributed by atoms with Crippen molar-refractivity contribution in [1.82, 2.24) is 10.6 Å². The first-order valence-corrected chi connectivity index (χ1v) is 8.63. The molecule has 0 aromatic heterocycles. The van der Waals surface area contributed by atoms with E-state index in [-0.39, 0.29) is 24.0 Å². The van der Waals surface area contributed by atoms with E-state index in [0.717, 1.165) is 51.6 Å². The Morgan fingerprint density at radius 3 is 2.79 bits per heavy atom. The average molecular weight is 446 g/mol. The highest BCUT2D eigenvalue weighted by atomic mass is 127. The molecule has 2 N–H and O–H groups in total. The van der Waals surface area contributed by atoms with Crippen LogP contribution in [0.2, 0.25) is 0 Å². The molecular formula is C18H31IN4O. The van der Waals surface area contributed by atoms with Crippen molar-refractivity contribution in [2.45, 2.75) is 32.7 Å². The van der Waals surface area contributed by atoms with Crippen molar-refractivity contribution in [1.29, 1.82) is 0 Å². The SMILES string of the molecule is CCOCCCNC(=NC)NCCN1c2ccccc2CC1C.I. The highest BCUT2D eigenvalue weighted by Crippen LogP contribution is 2.30. The van der Waals surface area contributed by atoms with E-state index in [4.69, 9.17) is 4.74 Å². The van der Waals surface area contributed by atoms with Gasteiger partial charge in [-0.25, -0.2) is 0 Å². The Balaban J connectivity index is 0.00000288. The fourth-order valence-electron chi connectivity index (χ4n) is 3.01. The van der Waals surface area contributed by atoms with Crippen LogP contribution in [0.3, 0.4) is 0 Å². The molecule has 0 amide bonds. The summed E-state index contributed by atoms with van der Waals surface area (Å²) in [7, 11) is 1.81. The van der Waals surface area contributed by atoms with E-state index >= 15 is 0 Å². The summed E-state index contributed by atoms with van der Waals surface area (Å²) in [5.41, 5.74) is 2.83. The number of rotatable bonds is 8. The zero-order chi connectivity index (χ0) is 16.5. The van der Waals surface area contributed by atoms with Gasteiger partial charge in [0, 0.05) is 51.6 Å². The monoisotopic (exact) mass is 446 g/mol. The fourth-order valence-corrected chi connectivity index (χ4v) is 3.01. The van der Waals surface area contributed by atoms with Crippen LogP contribution in [0.15, 0.2) is 29.3 Å². The Morgan fingerprint density at radius 1 is 1.29 bits per heavy atom. The summed E-state index contributed by atoms with van der Waals surface area (Å²) < 4.78 is 5.34. The summed E-state index contributed by atoms with van der Waals surface area (Å²) in [6.07, 6.45) is 2.13. The van der Waals surface area contributed by atoms with Crippen LogP contribution in [0.4, 0.5) is 5.69 Å². The number of nitrogens with one attached hydrogen (secondary N) is 2. The summed E-state index contributed by atoms with van der Waals surface area (Å²) in [6.45, 7) is 8.63. The molecule has 24 heavy (non-hydrogen) atoms. The average Bonchev–Trinajstić information content (AvgIpc) is 2.88. The van der Waals surface area contributed by atoms with Crippen LogP contribution in [0.1, 0.15) is 25.8 Å². The first kappa shape index (κ1) is 21.0. The van der Waals surface area contributed by atoms with Gasteiger partial charge in [0.2, 0.25) is 0 Å². The van der Waals surface area contributed by atoms with Crippen LogP contribution in [0, 0.1) is 0 Å². The van der Waals surface area contributed by atoms with Crippen molar-refractivity contribution in [3.8, 4) is 0 Å². The maximum atomic E-state index is 5.34. The molecule has 0 saturated carbocycles. The summed E-state index contributed by atoms with van der Waals surface area (Å²) in [5, 5.41) is 6.72. The van der Waals surface area contributed by atoms with E-state index in [1.54, 1.807) is 0 Å². The summed E-state index contributed by atoms with van der Waals surface area (Å²) >= 11 is 0. The standard InChI is InChI=1S/C18H30N4O.HI/c1-4-23-13-7-10-20-18(19-3)21-11-12-22-15(2)14-16-8-5-6-9-17(16)22;/h5-6,8-9,15H,4,7,10-14H2,1-3H3,(H2,19,20,21);1H. The maximum absolute atomic E-state index is 5.34. The molecule has 0 bridgehead atoms. The molecule has 6 heteroatoms. The van der Waals surface area contributed by atoms with E-state index < -0.39 is 0 Å². The molecule has 0 aliphatic carbocycles. The first-order valence-electron chi connectivity index (χ1n) is 8.63. The molecular weight excluding hydrogens is 415 g/mol. The summed E-state index contributed by atoms with van der Waals surface area (Å²) in [4.78, 5) is 6.75. The molecule has 0 radical (unpaired) electrons. The molecule has 1 heterocycles. The van der Waals surface area contributed by atoms with Crippen LogP contribution < -0.4 is 15.5 Å². The van der Waals surface area contributed by atoms with Crippen LogP contribution in [-0.4, -0.2) is 51.9 Å². The van der Waals surface area contributed by atoms with E-state index in [0.29, 0.717) is 6.04 Å². The highest BCUT2D eigenvalue weighted by Gasteiger charge is 2.24. The number of aliphatic imine (C=N–C) groups is 1.